The molecule has 3 rings (SSSR count). The molecule has 0 spiro atoms. The smallest absolute Gasteiger partial charge is 0.342 e. The third-order valence-corrected chi connectivity index (χ3v) is 6.44. The number of hydrogen-bond donors (Lipinski definition) is 0. The van der Waals surface area contributed by atoms with Crippen LogP contribution < -0.4 is 4.74 Å². The molecule has 0 fully saturated rings. The van der Waals surface area contributed by atoms with Gasteiger partial charge in [-0.25, -0.2) is 22.5 Å². The molecule has 3 aromatic rings. The molecule has 9 heteroatoms. The topological polar surface area (TPSA) is 90.7 Å². The highest BCUT2D eigenvalue weighted by Gasteiger charge is 2.20. The van der Waals surface area contributed by atoms with Crippen LogP contribution in [0.5, 0.6) is 5.75 Å². The van der Waals surface area contributed by atoms with E-state index in [1.54, 1.807) is 36.4 Å². The lowest BCUT2D eigenvalue weighted by Crippen LogP contribution is -2.22. The first-order chi connectivity index (χ1) is 14.3. The number of aromatic nitrogens is 2. The number of nitrogens with zero attached hydrogens (tertiary/aromatic N) is 3. The summed E-state index contributed by atoms with van der Waals surface area (Å²) in [6.45, 7) is 4.78. The second-order valence-corrected chi connectivity index (χ2v) is 8.87. The third-order valence-electron chi connectivity index (χ3n) is 4.63. The standard InChI is InChI=1S/C21H25N3O5S/c1-5-24-18-12-11-15(30(26,27)23(3)4)13-17(18)22-20(24)14-29-21(25)16-9-7-8-10-19(16)28-6-2/h7-13H,5-6,14H2,1-4H3. The van der Waals surface area contributed by atoms with Crippen LogP contribution in [0.4, 0.5) is 0 Å². The number of carbonyl (C=O) groups is 1. The fourth-order valence-corrected chi connectivity index (χ4v) is 4.04. The van der Waals surface area contributed by atoms with E-state index in [-0.39, 0.29) is 11.5 Å². The highest BCUT2D eigenvalue weighted by molar-refractivity contribution is 7.89. The van der Waals surface area contributed by atoms with Crippen LogP contribution in [0, 0.1) is 0 Å². The number of imidazole rings is 1. The number of sulfonamides is 1. The molecule has 0 aliphatic carbocycles. The van der Waals surface area contributed by atoms with E-state index in [0.717, 1.165) is 9.82 Å². The molecule has 0 aliphatic rings. The molecule has 0 unspecified atom stereocenters. The number of esters is 1. The summed E-state index contributed by atoms with van der Waals surface area (Å²) in [5.41, 5.74) is 1.65. The summed E-state index contributed by atoms with van der Waals surface area (Å²) >= 11 is 0. The van der Waals surface area contributed by atoms with Crippen molar-refractivity contribution in [2.45, 2.75) is 31.9 Å². The lowest BCUT2D eigenvalue weighted by atomic mass is 10.2. The Morgan fingerprint density at radius 1 is 1.13 bits per heavy atom. The molecule has 0 radical (unpaired) electrons. The van der Waals surface area contributed by atoms with Crippen molar-refractivity contribution in [3.63, 3.8) is 0 Å². The van der Waals surface area contributed by atoms with E-state index in [1.807, 2.05) is 18.4 Å². The SMILES string of the molecule is CCOc1ccccc1C(=O)OCc1nc2cc(S(=O)(=O)N(C)C)ccc2n1CC. The molecule has 0 atom stereocenters. The molecule has 1 aromatic heterocycles. The maximum absolute atomic E-state index is 12.6. The summed E-state index contributed by atoms with van der Waals surface area (Å²) < 4.78 is 38.8. The molecular formula is C21H25N3O5S. The molecule has 0 amide bonds. The average molecular weight is 432 g/mol. The largest absolute Gasteiger partial charge is 0.493 e. The van der Waals surface area contributed by atoms with Crippen LogP contribution in [0.3, 0.4) is 0 Å². The molecule has 160 valence electrons. The Labute approximate surface area is 176 Å². The van der Waals surface area contributed by atoms with Crippen LogP contribution in [0.25, 0.3) is 11.0 Å². The van der Waals surface area contributed by atoms with Gasteiger partial charge in [0.15, 0.2) is 0 Å². The summed E-state index contributed by atoms with van der Waals surface area (Å²) in [4.78, 5) is 17.2. The first kappa shape index (κ1) is 21.8. The average Bonchev–Trinajstić information content (AvgIpc) is 3.09. The van der Waals surface area contributed by atoms with Gasteiger partial charge in [-0.15, -0.1) is 0 Å². The molecule has 0 saturated carbocycles. The number of benzene rings is 2. The van der Waals surface area contributed by atoms with Gasteiger partial charge in [-0.3, -0.25) is 0 Å². The van der Waals surface area contributed by atoms with Gasteiger partial charge in [0.25, 0.3) is 0 Å². The highest BCUT2D eigenvalue weighted by atomic mass is 32.2. The predicted molar refractivity (Wildman–Crippen MR) is 113 cm³/mol. The van der Waals surface area contributed by atoms with Crippen molar-refractivity contribution < 1.29 is 22.7 Å². The zero-order valence-corrected chi connectivity index (χ0v) is 18.3. The van der Waals surface area contributed by atoms with E-state index in [0.29, 0.717) is 35.8 Å². The number of rotatable bonds is 8. The fraction of sp³-hybridized carbons (Fsp3) is 0.333. The monoisotopic (exact) mass is 431 g/mol. The number of hydrogen-bond acceptors (Lipinski definition) is 6. The number of fused-ring (bicyclic) bond motifs is 1. The molecule has 30 heavy (non-hydrogen) atoms. The van der Waals surface area contributed by atoms with Crippen molar-refractivity contribution >= 4 is 27.0 Å². The van der Waals surface area contributed by atoms with E-state index < -0.39 is 16.0 Å². The maximum atomic E-state index is 12.6. The zero-order chi connectivity index (χ0) is 21.9. The van der Waals surface area contributed by atoms with Crippen LogP contribution in [0.2, 0.25) is 0 Å². The Kier molecular flexibility index (Phi) is 6.42. The first-order valence-corrected chi connectivity index (χ1v) is 11.0. The van der Waals surface area contributed by atoms with Crippen molar-refractivity contribution in [2.24, 2.45) is 0 Å². The van der Waals surface area contributed by atoms with E-state index in [4.69, 9.17) is 9.47 Å². The van der Waals surface area contributed by atoms with Crippen LogP contribution in [0.1, 0.15) is 30.0 Å². The zero-order valence-electron chi connectivity index (χ0n) is 17.5. The van der Waals surface area contributed by atoms with Crippen LogP contribution >= 0.6 is 0 Å². The van der Waals surface area contributed by atoms with Gasteiger partial charge in [-0.2, -0.15) is 0 Å². The predicted octanol–water partition coefficient (Wildman–Crippen LogP) is 3.06. The minimum absolute atomic E-state index is 0.0441. The Bertz CT molecular complexity index is 1170. The van der Waals surface area contributed by atoms with Crippen molar-refractivity contribution in [3.8, 4) is 5.75 Å². The van der Waals surface area contributed by atoms with Crippen molar-refractivity contribution in [2.75, 3.05) is 20.7 Å². The molecule has 1 heterocycles. The van der Waals surface area contributed by atoms with Gasteiger partial charge in [0.2, 0.25) is 10.0 Å². The van der Waals surface area contributed by atoms with Crippen molar-refractivity contribution in [1.82, 2.24) is 13.9 Å². The van der Waals surface area contributed by atoms with Gasteiger partial charge in [0.1, 0.15) is 23.7 Å². The minimum Gasteiger partial charge on any atom is -0.493 e. The quantitative estimate of drug-likeness (QED) is 0.509. The number of carbonyl (C=O) groups excluding carboxylic acids is 1. The molecule has 0 aliphatic heterocycles. The molecule has 2 aromatic carbocycles. The summed E-state index contributed by atoms with van der Waals surface area (Å²) in [6.07, 6.45) is 0. The Morgan fingerprint density at radius 3 is 2.53 bits per heavy atom. The van der Waals surface area contributed by atoms with Gasteiger partial charge in [0.05, 0.1) is 22.5 Å². The van der Waals surface area contributed by atoms with Crippen molar-refractivity contribution in [3.05, 3.63) is 53.9 Å². The summed E-state index contributed by atoms with van der Waals surface area (Å²) in [5.74, 6) is 0.492. The Morgan fingerprint density at radius 2 is 1.87 bits per heavy atom. The van der Waals surface area contributed by atoms with Gasteiger partial charge < -0.3 is 14.0 Å². The van der Waals surface area contributed by atoms with Gasteiger partial charge in [-0.05, 0) is 44.2 Å². The van der Waals surface area contributed by atoms with Crippen LogP contribution in [0.15, 0.2) is 47.4 Å². The van der Waals surface area contributed by atoms with Crippen LogP contribution in [-0.4, -0.2) is 48.9 Å². The molecule has 8 nitrogen and oxygen atoms in total. The van der Waals surface area contributed by atoms with Crippen molar-refractivity contribution in [1.29, 1.82) is 0 Å². The lowest BCUT2D eigenvalue weighted by molar-refractivity contribution is 0.0454. The van der Waals surface area contributed by atoms with E-state index >= 15 is 0 Å². The molecular weight excluding hydrogens is 406 g/mol. The summed E-state index contributed by atoms with van der Waals surface area (Å²) in [7, 11) is -0.603. The molecule has 0 N–H and O–H groups in total. The highest BCUT2D eigenvalue weighted by Crippen LogP contribution is 2.24. The fourth-order valence-electron chi connectivity index (χ4n) is 3.12. The number of aryl methyl sites for hydroxylation is 1. The minimum atomic E-state index is -3.57. The van der Waals surface area contributed by atoms with E-state index in [2.05, 4.69) is 4.98 Å². The second-order valence-electron chi connectivity index (χ2n) is 6.72. The summed E-state index contributed by atoms with van der Waals surface area (Å²) in [5, 5.41) is 0. The number of ether oxygens (including phenoxy) is 2. The lowest BCUT2D eigenvalue weighted by Gasteiger charge is -2.11. The normalized spacial score (nSPS) is 11.8. The summed E-state index contributed by atoms with van der Waals surface area (Å²) in [6, 6.07) is 11.7. The first-order valence-electron chi connectivity index (χ1n) is 9.60. The van der Waals surface area contributed by atoms with E-state index in [1.165, 1.54) is 20.2 Å². The number of para-hydroxylation sites is 1. The third kappa shape index (κ3) is 4.17. The van der Waals surface area contributed by atoms with Gasteiger partial charge in [0, 0.05) is 20.6 Å². The van der Waals surface area contributed by atoms with Crippen LogP contribution in [-0.2, 0) is 27.9 Å². The van der Waals surface area contributed by atoms with Gasteiger partial charge >= 0.3 is 5.97 Å². The van der Waals surface area contributed by atoms with E-state index in [9.17, 15) is 13.2 Å². The van der Waals surface area contributed by atoms with Gasteiger partial charge in [-0.1, -0.05) is 12.1 Å². The second kappa shape index (κ2) is 8.85. The molecule has 0 saturated heterocycles. The molecule has 0 bridgehead atoms. The maximum Gasteiger partial charge on any atom is 0.342 e. The Balaban J connectivity index is 1.88. The Hall–Kier alpha value is -2.91.